The van der Waals surface area contributed by atoms with Gasteiger partial charge in [0.05, 0.1) is 0 Å². The number of benzene rings is 1. The topological polar surface area (TPSA) is 38.0 Å². The first-order valence-electron chi connectivity index (χ1n) is 4.73. The molecular formula is C11H17FN2. The van der Waals surface area contributed by atoms with E-state index in [0.717, 1.165) is 12.2 Å². The Labute approximate surface area is 84.3 Å². The van der Waals surface area contributed by atoms with Gasteiger partial charge in [0.1, 0.15) is 5.82 Å². The third-order valence-corrected chi connectivity index (χ3v) is 2.17. The lowest BCUT2D eigenvalue weighted by molar-refractivity contribution is 0.405. The SMILES string of the molecule is CC(C)(CN)CNc1ccc(F)cc1. The molecule has 0 radical (unpaired) electrons. The third kappa shape index (κ3) is 3.34. The Balaban J connectivity index is 2.50. The molecule has 0 saturated carbocycles. The van der Waals surface area contributed by atoms with Gasteiger partial charge in [-0.15, -0.1) is 0 Å². The summed E-state index contributed by atoms with van der Waals surface area (Å²) in [7, 11) is 0. The van der Waals surface area contributed by atoms with Gasteiger partial charge in [-0.05, 0) is 36.2 Å². The Morgan fingerprint density at radius 2 is 1.86 bits per heavy atom. The van der Waals surface area contributed by atoms with Crippen molar-refractivity contribution in [2.45, 2.75) is 13.8 Å². The molecule has 14 heavy (non-hydrogen) atoms. The maximum absolute atomic E-state index is 12.6. The minimum Gasteiger partial charge on any atom is -0.384 e. The van der Waals surface area contributed by atoms with Crippen LogP contribution >= 0.6 is 0 Å². The zero-order chi connectivity index (χ0) is 10.6. The summed E-state index contributed by atoms with van der Waals surface area (Å²) in [6.45, 7) is 5.59. The summed E-state index contributed by atoms with van der Waals surface area (Å²) in [6, 6.07) is 6.33. The predicted molar refractivity (Wildman–Crippen MR) is 57.7 cm³/mol. The van der Waals surface area contributed by atoms with Gasteiger partial charge in [-0.25, -0.2) is 4.39 Å². The minimum atomic E-state index is -0.214. The number of rotatable bonds is 4. The first-order chi connectivity index (χ1) is 6.53. The Kier molecular flexibility index (Phi) is 3.47. The molecule has 0 fully saturated rings. The second-order valence-corrected chi connectivity index (χ2v) is 4.23. The molecule has 0 amide bonds. The highest BCUT2D eigenvalue weighted by atomic mass is 19.1. The van der Waals surface area contributed by atoms with E-state index in [4.69, 9.17) is 5.73 Å². The number of hydrogen-bond acceptors (Lipinski definition) is 2. The fraction of sp³-hybridized carbons (Fsp3) is 0.455. The van der Waals surface area contributed by atoms with Crippen LogP contribution in [0, 0.1) is 11.2 Å². The van der Waals surface area contributed by atoms with Crippen LogP contribution in [-0.2, 0) is 0 Å². The van der Waals surface area contributed by atoms with E-state index in [9.17, 15) is 4.39 Å². The smallest absolute Gasteiger partial charge is 0.123 e. The zero-order valence-electron chi connectivity index (χ0n) is 8.68. The van der Waals surface area contributed by atoms with Gasteiger partial charge in [-0.3, -0.25) is 0 Å². The van der Waals surface area contributed by atoms with Gasteiger partial charge in [0, 0.05) is 12.2 Å². The van der Waals surface area contributed by atoms with Gasteiger partial charge in [0.2, 0.25) is 0 Å². The Hall–Kier alpha value is -1.09. The Morgan fingerprint density at radius 3 is 2.36 bits per heavy atom. The molecule has 0 aliphatic rings. The Morgan fingerprint density at radius 1 is 1.29 bits per heavy atom. The van der Waals surface area contributed by atoms with Crippen molar-refractivity contribution in [1.82, 2.24) is 0 Å². The molecule has 0 aliphatic heterocycles. The monoisotopic (exact) mass is 196 g/mol. The van der Waals surface area contributed by atoms with E-state index in [1.54, 1.807) is 12.1 Å². The van der Waals surface area contributed by atoms with Crippen molar-refractivity contribution in [3.63, 3.8) is 0 Å². The lowest BCUT2D eigenvalue weighted by Crippen LogP contribution is -2.31. The highest BCUT2D eigenvalue weighted by Crippen LogP contribution is 2.15. The maximum atomic E-state index is 12.6. The van der Waals surface area contributed by atoms with Gasteiger partial charge in [0.15, 0.2) is 0 Å². The van der Waals surface area contributed by atoms with Crippen LogP contribution in [0.4, 0.5) is 10.1 Å². The van der Waals surface area contributed by atoms with Crippen LogP contribution in [0.3, 0.4) is 0 Å². The molecule has 1 aromatic rings. The van der Waals surface area contributed by atoms with Crippen molar-refractivity contribution >= 4 is 5.69 Å². The number of nitrogens with two attached hydrogens (primary N) is 1. The van der Waals surface area contributed by atoms with Crippen molar-refractivity contribution in [2.24, 2.45) is 11.1 Å². The van der Waals surface area contributed by atoms with Gasteiger partial charge in [-0.2, -0.15) is 0 Å². The molecule has 2 nitrogen and oxygen atoms in total. The first kappa shape index (κ1) is 11.0. The molecule has 0 spiro atoms. The molecule has 0 bridgehead atoms. The molecule has 1 rings (SSSR count). The molecule has 0 aliphatic carbocycles. The van der Waals surface area contributed by atoms with E-state index in [1.807, 2.05) is 0 Å². The average Bonchev–Trinajstić information content (AvgIpc) is 2.17. The molecule has 3 heteroatoms. The van der Waals surface area contributed by atoms with Crippen LogP contribution in [0.25, 0.3) is 0 Å². The zero-order valence-corrected chi connectivity index (χ0v) is 8.68. The van der Waals surface area contributed by atoms with Crippen molar-refractivity contribution in [2.75, 3.05) is 18.4 Å². The molecule has 0 saturated heterocycles. The van der Waals surface area contributed by atoms with Crippen LogP contribution in [0.2, 0.25) is 0 Å². The lowest BCUT2D eigenvalue weighted by atomic mass is 9.94. The van der Waals surface area contributed by atoms with E-state index in [-0.39, 0.29) is 11.2 Å². The number of hydrogen-bond donors (Lipinski definition) is 2. The van der Waals surface area contributed by atoms with E-state index < -0.39 is 0 Å². The third-order valence-electron chi connectivity index (χ3n) is 2.17. The fourth-order valence-electron chi connectivity index (χ4n) is 0.981. The Bertz CT molecular complexity index is 280. The molecule has 0 unspecified atom stereocenters. The van der Waals surface area contributed by atoms with Crippen LogP contribution in [-0.4, -0.2) is 13.1 Å². The number of nitrogens with one attached hydrogen (secondary N) is 1. The molecule has 0 heterocycles. The van der Waals surface area contributed by atoms with Gasteiger partial charge >= 0.3 is 0 Å². The predicted octanol–water partition coefficient (Wildman–Crippen LogP) is 2.22. The van der Waals surface area contributed by atoms with E-state index in [2.05, 4.69) is 19.2 Å². The second-order valence-electron chi connectivity index (χ2n) is 4.23. The molecule has 1 aromatic carbocycles. The van der Waals surface area contributed by atoms with Gasteiger partial charge in [0.25, 0.3) is 0 Å². The van der Waals surface area contributed by atoms with Gasteiger partial charge < -0.3 is 11.1 Å². The van der Waals surface area contributed by atoms with Crippen LogP contribution in [0.15, 0.2) is 24.3 Å². The summed E-state index contributed by atoms with van der Waals surface area (Å²) in [6.07, 6.45) is 0. The second kappa shape index (κ2) is 4.42. The fourth-order valence-corrected chi connectivity index (χ4v) is 0.981. The number of anilines is 1. The lowest BCUT2D eigenvalue weighted by Gasteiger charge is -2.23. The molecule has 3 N–H and O–H groups in total. The molecule has 0 atom stereocenters. The average molecular weight is 196 g/mol. The molecule has 0 aromatic heterocycles. The summed E-state index contributed by atoms with van der Waals surface area (Å²) in [5, 5.41) is 3.22. The van der Waals surface area contributed by atoms with Crippen molar-refractivity contribution in [1.29, 1.82) is 0 Å². The van der Waals surface area contributed by atoms with Crippen LogP contribution in [0.5, 0.6) is 0 Å². The van der Waals surface area contributed by atoms with Crippen molar-refractivity contribution in [3.05, 3.63) is 30.1 Å². The normalized spacial score (nSPS) is 11.4. The molecular weight excluding hydrogens is 179 g/mol. The minimum absolute atomic E-state index is 0.0639. The summed E-state index contributed by atoms with van der Waals surface area (Å²) in [5.74, 6) is -0.214. The van der Waals surface area contributed by atoms with E-state index >= 15 is 0 Å². The van der Waals surface area contributed by atoms with E-state index in [0.29, 0.717) is 6.54 Å². The number of halogens is 1. The highest BCUT2D eigenvalue weighted by molar-refractivity contribution is 5.42. The quantitative estimate of drug-likeness (QED) is 0.775. The maximum Gasteiger partial charge on any atom is 0.123 e. The summed E-state index contributed by atoms with van der Waals surface area (Å²) in [4.78, 5) is 0. The first-order valence-corrected chi connectivity index (χ1v) is 4.73. The summed E-state index contributed by atoms with van der Waals surface area (Å²) in [5.41, 5.74) is 6.58. The summed E-state index contributed by atoms with van der Waals surface area (Å²) >= 11 is 0. The largest absolute Gasteiger partial charge is 0.384 e. The molecule has 78 valence electrons. The highest BCUT2D eigenvalue weighted by Gasteiger charge is 2.14. The standard InChI is InChI=1S/C11H17FN2/c1-11(2,7-13)8-14-10-5-3-9(12)4-6-10/h3-6,14H,7-8,13H2,1-2H3. The van der Waals surface area contributed by atoms with Crippen molar-refractivity contribution in [3.8, 4) is 0 Å². The van der Waals surface area contributed by atoms with Crippen LogP contribution in [0.1, 0.15) is 13.8 Å². The van der Waals surface area contributed by atoms with E-state index in [1.165, 1.54) is 12.1 Å². The van der Waals surface area contributed by atoms with Gasteiger partial charge in [-0.1, -0.05) is 13.8 Å². The van der Waals surface area contributed by atoms with Crippen LogP contribution < -0.4 is 11.1 Å². The van der Waals surface area contributed by atoms with Crippen molar-refractivity contribution < 1.29 is 4.39 Å². The summed E-state index contributed by atoms with van der Waals surface area (Å²) < 4.78 is 12.6.